The van der Waals surface area contributed by atoms with Crippen molar-refractivity contribution in [2.24, 2.45) is 0 Å². The fourth-order valence-corrected chi connectivity index (χ4v) is 1.69. The molecule has 3 N–H and O–H groups in total. The Labute approximate surface area is 109 Å². The molecular weight excluding hydrogens is 230 g/mol. The van der Waals surface area contributed by atoms with Crippen molar-refractivity contribution in [2.45, 2.75) is 33.3 Å². The molecule has 0 atom stereocenters. The van der Waals surface area contributed by atoms with Gasteiger partial charge in [0.25, 0.3) is 0 Å². The van der Waals surface area contributed by atoms with Crippen molar-refractivity contribution in [3.8, 4) is 5.88 Å². The minimum atomic E-state index is -0.773. The fraction of sp³-hybridized carbons (Fsp3) is 0.615. The second kappa shape index (κ2) is 5.91. The van der Waals surface area contributed by atoms with Gasteiger partial charge in [-0.3, -0.25) is 0 Å². The summed E-state index contributed by atoms with van der Waals surface area (Å²) in [5, 5.41) is 9.88. The van der Waals surface area contributed by atoms with Gasteiger partial charge in [0.05, 0.1) is 17.9 Å². The lowest BCUT2D eigenvalue weighted by Crippen LogP contribution is -2.39. The topological polar surface area (TPSA) is 71.6 Å². The molecule has 0 aliphatic heterocycles. The number of rotatable bonds is 6. The summed E-state index contributed by atoms with van der Waals surface area (Å²) in [6.45, 7) is 9.25. The van der Waals surface area contributed by atoms with Crippen molar-refractivity contribution in [3.63, 3.8) is 0 Å². The molecule has 0 radical (unpaired) electrons. The van der Waals surface area contributed by atoms with Crippen LogP contribution < -0.4 is 15.4 Å². The molecule has 0 amide bonds. The van der Waals surface area contributed by atoms with Gasteiger partial charge in [0, 0.05) is 13.1 Å². The normalized spacial score (nSPS) is 11.4. The smallest absolute Gasteiger partial charge is 0.239 e. The second-order valence-corrected chi connectivity index (χ2v) is 4.82. The molecule has 0 saturated carbocycles. The number of likely N-dealkylation sites (N-methyl/N-ethyl adjacent to an activating group) is 1. The van der Waals surface area contributed by atoms with Crippen molar-refractivity contribution < 1.29 is 9.84 Å². The van der Waals surface area contributed by atoms with E-state index >= 15 is 0 Å². The number of aromatic nitrogens is 1. The molecule has 0 aliphatic rings. The van der Waals surface area contributed by atoms with E-state index < -0.39 is 5.60 Å². The average molecular weight is 253 g/mol. The Morgan fingerprint density at radius 2 is 2.06 bits per heavy atom. The maximum atomic E-state index is 9.88. The molecule has 1 heterocycles. The van der Waals surface area contributed by atoms with Crippen LogP contribution in [-0.2, 0) is 0 Å². The van der Waals surface area contributed by atoms with E-state index in [1.165, 1.54) is 0 Å². The van der Waals surface area contributed by atoms with Crippen LogP contribution >= 0.6 is 0 Å². The zero-order chi connectivity index (χ0) is 13.8. The molecule has 0 spiro atoms. The van der Waals surface area contributed by atoms with Crippen molar-refractivity contribution in [2.75, 3.05) is 30.3 Å². The zero-order valence-electron chi connectivity index (χ0n) is 11.6. The lowest BCUT2D eigenvalue weighted by atomic mass is 10.1. The van der Waals surface area contributed by atoms with Gasteiger partial charge in [0.2, 0.25) is 5.88 Å². The summed E-state index contributed by atoms with van der Waals surface area (Å²) in [5.41, 5.74) is 5.54. The maximum absolute atomic E-state index is 9.88. The molecule has 0 saturated heterocycles. The number of nitrogens with zero attached hydrogens (tertiary/aromatic N) is 2. The number of nitrogens with two attached hydrogens (primary N) is 1. The summed E-state index contributed by atoms with van der Waals surface area (Å²) in [4.78, 5) is 6.37. The third kappa shape index (κ3) is 4.07. The molecule has 5 heteroatoms. The number of aliphatic hydroxyl groups is 1. The Kier molecular flexibility index (Phi) is 4.78. The predicted octanol–water partition coefficient (Wildman–Crippen LogP) is 1.66. The number of nitrogen functional groups attached to an aromatic ring is 1. The van der Waals surface area contributed by atoms with Crippen molar-refractivity contribution >= 4 is 11.5 Å². The molecule has 1 aromatic rings. The van der Waals surface area contributed by atoms with Gasteiger partial charge < -0.3 is 20.5 Å². The lowest BCUT2D eigenvalue weighted by Gasteiger charge is -2.29. The standard InChI is InChI=1S/C13H23N3O2/c1-5-16(9-13(3,4)17)11-8-7-10(14)12(15-11)18-6-2/h7-8,17H,5-6,9,14H2,1-4H3. The van der Waals surface area contributed by atoms with Gasteiger partial charge >= 0.3 is 0 Å². The molecule has 18 heavy (non-hydrogen) atoms. The van der Waals surface area contributed by atoms with Crippen LogP contribution in [0.15, 0.2) is 12.1 Å². The van der Waals surface area contributed by atoms with Crippen LogP contribution in [-0.4, -0.2) is 35.4 Å². The molecule has 1 rings (SSSR count). The third-order valence-corrected chi connectivity index (χ3v) is 2.44. The lowest BCUT2D eigenvalue weighted by molar-refractivity contribution is 0.0874. The average Bonchev–Trinajstić information content (AvgIpc) is 2.28. The van der Waals surface area contributed by atoms with E-state index in [0.717, 1.165) is 12.4 Å². The highest BCUT2D eigenvalue weighted by Crippen LogP contribution is 2.24. The van der Waals surface area contributed by atoms with Crippen molar-refractivity contribution in [1.29, 1.82) is 0 Å². The highest BCUT2D eigenvalue weighted by Gasteiger charge is 2.19. The molecule has 1 aromatic heterocycles. The van der Waals surface area contributed by atoms with Gasteiger partial charge in [0.1, 0.15) is 5.82 Å². The molecule has 102 valence electrons. The molecule has 0 fully saturated rings. The van der Waals surface area contributed by atoms with Gasteiger partial charge in [-0.25, -0.2) is 0 Å². The zero-order valence-corrected chi connectivity index (χ0v) is 11.6. The first-order valence-corrected chi connectivity index (χ1v) is 6.24. The molecule has 0 unspecified atom stereocenters. The first kappa shape index (κ1) is 14.6. The van der Waals surface area contributed by atoms with Crippen LogP contribution in [0, 0.1) is 0 Å². The van der Waals surface area contributed by atoms with Crippen molar-refractivity contribution in [3.05, 3.63) is 12.1 Å². The van der Waals surface area contributed by atoms with Crippen LogP contribution in [0.3, 0.4) is 0 Å². The Bertz CT molecular complexity index is 388. The Morgan fingerprint density at radius 3 is 2.56 bits per heavy atom. The Hall–Kier alpha value is -1.49. The summed E-state index contributed by atoms with van der Waals surface area (Å²) in [7, 11) is 0. The second-order valence-electron chi connectivity index (χ2n) is 4.82. The van der Waals surface area contributed by atoms with Crippen LogP contribution in [0.4, 0.5) is 11.5 Å². The van der Waals surface area contributed by atoms with Crippen LogP contribution in [0.2, 0.25) is 0 Å². The monoisotopic (exact) mass is 253 g/mol. The van der Waals surface area contributed by atoms with Crippen LogP contribution in [0.25, 0.3) is 0 Å². The summed E-state index contributed by atoms with van der Waals surface area (Å²) in [6, 6.07) is 3.62. The fourth-order valence-electron chi connectivity index (χ4n) is 1.69. The van der Waals surface area contributed by atoms with Gasteiger partial charge in [-0.05, 0) is 39.8 Å². The largest absolute Gasteiger partial charge is 0.476 e. The van der Waals surface area contributed by atoms with E-state index in [2.05, 4.69) is 4.98 Å². The van der Waals surface area contributed by atoms with E-state index in [9.17, 15) is 5.11 Å². The van der Waals surface area contributed by atoms with Gasteiger partial charge in [-0.2, -0.15) is 4.98 Å². The third-order valence-electron chi connectivity index (χ3n) is 2.44. The number of hydrogen-bond donors (Lipinski definition) is 2. The molecule has 0 bridgehead atoms. The molecule has 0 aliphatic carbocycles. The van der Waals surface area contributed by atoms with Crippen LogP contribution in [0.1, 0.15) is 27.7 Å². The Balaban J connectivity index is 2.96. The minimum Gasteiger partial charge on any atom is -0.476 e. The van der Waals surface area contributed by atoms with E-state index in [1.807, 2.05) is 24.8 Å². The SMILES string of the molecule is CCOc1nc(N(CC)CC(C)(C)O)ccc1N. The molecule has 5 nitrogen and oxygen atoms in total. The summed E-state index contributed by atoms with van der Waals surface area (Å²) in [5.74, 6) is 1.21. The van der Waals surface area contributed by atoms with Crippen LogP contribution in [0.5, 0.6) is 5.88 Å². The number of anilines is 2. The summed E-state index contributed by atoms with van der Waals surface area (Å²) in [6.07, 6.45) is 0. The number of ether oxygens (including phenoxy) is 1. The summed E-state index contributed by atoms with van der Waals surface area (Å²) >= 11 is 0. The van der Waals surface area contributed by atoms with Gasteiger partial charge in [0.15, 0.2) is 0 Å². The number of hydrogen-bond acceptors (Lipinski definition) is 5. The molecular formula is C13H23N3O2. The van der Waals surface area contributed by atoms with E-state index in [-0.39, 0.29) is 0 Å². The minimum absolute atomic E-state index is 0.448. The first-order chi connectivity index (χ1) is 8.37. The highest BCUT2D eigenvalue weighted by molar-refractivity contribution is 5.54. The van der Waals surface area contributed by atoms with Gasteiger partial charge in [-0.1, -0.05) is 0 Å². The first-order valence-electron chi connectivity index (χ1n) is 6.24. The van der Waals surface area contributed by atoms with E-state index in [1.54, 1.807) is 19.9 Å². The molecule has 0 aromatic carbocycles. The number of pyridine rings is 1. The predicted molar refractivity (Wildman–Crippen MR) is 74.0 cm³/mol. The summed E-state index contributed by atoms with van der Waals surface area (Å²) < 4.78 is 5.38. The quantitative estimate of drug-likeness (QED) is 0.806. The van der Waals surface area contributed by atoms with E-state index in [4.69, 9.17) is 10.5 Å². The van der Waals surface area contributed by atoms with E-state index in [0.29, 0.717) is 24.7 Å². The van der Waals surface area contributed by atoms with Crippen molar-refractivity contribution in [1.82, 2.24) is 4.98 Å². The maximum Gasteiger partial charge on any atom is 0.239 e. The highest BCUT2D eigenvalue weighted by atomic mass is 16.5. The van der Waals surface area contributed by atoms with Gasteiger partial charge in [-0.15, -0.1) is 0 Å². The Morgan fingerprint density at radius 1 is 1.39 bits per heavy atom.